The summed E-state index contributed by atoms with van der Waals surface area (Å²) in [4.78, 5) is 25.9. The molecule has 0 unspecified atom stereocenters. The molecule has 7 nitrogen and oxygen atoms in total. The first-order valence-corrected chi connectivity index (χ1v) is 12.0. The average Bonchev–Trinajstić information content (AvgIpc) is 2.81. The van der Waals surface area contributed by atoms with Gasteiger partial charge in [0.1, 0.15) is 17.1 Å². The third-order valence-corrected chi connectivity index (χ3v) is 7.42. The van der Waals surface area contributed by atoms with Gasteiger partial charge in [0, 0.05) is 41.1 Å². The molecule has 34 heavy (non-hydrogen) atoms. The van der Waals surface area contributed by atoms with Gasteiger partial charge in [-0.2, -0.15) is 0 Å². The van der Waals surface area contributed by atoms with Crippen molar-refractivity contribution in [1.82, 2.24) is 4.90 Å². The third-order valence-electron chi connectivity index (χ3n) is 7.18. The summed E-state index contributed by atoms with van der Waals surface area (Å²) in [6, 6.07) is 12.4. The van der Waals surface area contributed by atoms with Crippen LogP contribution in [0.15, 0.2) is 42.5 Å². The van der Waals surface area contributed by atoms with Crippen LogP contribution >= 0.6 is 11.6 Å². The van der Waals surface area contributed by atoms with E-state index in [-0.39, 0.29) is 30.0 Å². The minimum Gasteiger partial charge on any atom is -0.487 e. The Kier molecular flexibility index (Phi) is 5.94. The number of aliphatic carboxylic acids is 1. The monoisotopic (exact) mass is 485 g/mol. The van der Waals surface area contributed by atoms with Crippen molar-refractivity contribution in [3.63, 3.8) is 0 Å². The van der Waals surface area contributed by atoms with Crippen LogP contribution in [0.25, 0.3) is 0 Å². The average molecular weight is 486 g/mol. The van der Waals surface area contributed by atoms with Gasteiger partial charge >= 0.3 is 5.97 Å². The third kappa shape index (κ3) is 4.34. The zero-order valence-electron chi connectivity index (χ0n) is 19.2. The van der Waals surface area contributed by atoms with Crippen molar-refractivity contribution in [2.75, 3.05) is 19.7 Å². The van der Waals surface area contributed by atoms with Crippen LogP contribution in [0.5, 0.6) is 11.5 Å². The number of halogens is 1. The van der Waals surface area contributed by atoms with E-state index in [1.165, 1.54) is 0 Å². The van der Waals surface area contributed by atoms with Crippen LogP contribution in [0.1, 0.15) is 48.7 Å². The number of carboxylic acid groups (broad SMARTS) is 1. The summed E-state index contributed by atoms with van der Waals surface area (Å²) in [6.45, 7) is 4.95. The van der Waals surface area contributed by atoms with Crippen molar-refractivity contribution in [3.8, 4) is 11.5 Å². The number of nitrogens with zero attached hydrogens (tertiary/aromatic N) is 1. The van der Waals surface area contributed by atoms with Crippen LogP contribution in [0.4, 0.5) is 0 Å². The zero-order valence-corrected chi connectivity index (χ0v) is 20.0. The smallest absolute Gasteiger partial charge is 0.341 e. The van der Waals surface area contributed by atoms with Crippen LogP contribution in [0, 0.1) is 11.8 Å². The van der Waals surface area contributed by atoms with Gasteiger partial charge < -0.3 is 24.2 Å². The van der Waals surface area contributed by atoms with Crippen molar-refractivity contribution in [1.29, 1.82) is 0 Å². The predicted molar refractivity (Wildman–Crippen MR) is 125 cm³/mol. The summed E-state index contributed by atoms with van der Waals surface area (Å²) < 4.78 is 18.2. The number of hydrogen-bond donors (Lipinski definition) is 1. The van der Waals surface area contributed by atoms with Gasteiger partial charge in [-0.3, -0.25) is 4.79 Å². The summed E-state index contributed by atoms with van der Waals surface area (Å²) in [5, 5.41) is 9.49. The van der Waals surface area contributed by atoms with Crippen molar-refractivity contribution in [3.05, 3.63) is 58.6 Å². The summed E-state index contributed by atoms with van der Waals surface area (Å²) in [6.07, 6.45) is 1.63. The molecule has 0 spiro atoms. The van der Waals surface area contributed by atoms with Gasteiger partial charge in [-0.1, -0.05) is 17.7 Å². The minimum absolute atomic E-state index is 0.0660. The van der Waals surface area contributed by atoms with E-state index in [0.717, 1.165) is 24.2 Å². The fourth-order valence-corrected chi connectivity index (χ4v) is 5.69. The number of carbonyl (C=O) groups excluding carboxylic acids is 1. The second-order valence-electron chi connectivity index (χ2n) is 9.84. The Morgan fingerprint density at radius 2 is 2.06 bits per heavy atom. The number of benzene rings is 2. The number of carboxylic acids is 1. The van der Waals surface area contributed by atoms with E-state index in [1.54, 1.807) is 24.3 Å². The van der Waals surface area contributed by atoms with Gasteiger partial charge in [-0.25, -0.2) is 4.79 Å². The van der Waals surface area contributed by atoms with E-state index in [4.69, 9.17) is 30.9 Å². The highest BCUT2D eigenvalue weighted by atomic mass is 35.5. The molecule has 3 aliphatic heterocycles. The molecular weight excluding hydrogens is 458 g/mol. The number of piperidine rings is 1. The van der Waals surface area contributed by atoms with Crippen LogP contribution in [0.2, 0.25) is 5.02 Å². The van der Waals surface area contributed by atoms with Gasteiger partial charge in [0.15, 0.2) is 6.61 Å². The van der Waals surface area contributed by atoms with Gasteiger partial charge in [0.2, 0.25) is 0 Å². The minimum atomic E-state index is -1.06. The molecule has 0 saturated carbocycles. The predicted octanol–water partition coefficient (Wildman–Crippen LogP) is 4.58. The van der Waals surface area contributed by atoms with E-state index in [9.17, 15) is 9.59 Å². The second kappa shape index (κ2) is 8.78. The first-order chi connectivity index (χ1) is 16.2. The number of hydrogen-bond acceptors (Lipinski definition) is 5. The van der Waals surface area contributed by atoms with E-state index in [1.807, 2.05) is 23.1 Å². The molecule has 2 aromatic rings. The van der Waals surface area contributed by atoms with Gasteiger partial charge in [0.25, 0.3) is 5.91 Å². The molecule has 2 saturated heterocycles. The van der Waals surface area contributed by atoms with Crippen LogP contribution in [0.3, 0.4) is 0 Å². The van der Waals surface area contributed by atoms with Gasteiger partial charge in [0.05, 0.1) is 12.2 Å². The molecule has 4 atom stereocenters. The summed E-state index contributed by atoms with van der Waals surface area (Å²) in [7, 11) is 0. The van der Waals surface area contributed by atoms with Crippen molar-refractivity contribution >= 4 is 23.5 Å². The normalized spacial score (nSPS) is 27.0. The Morgan fingerprint density at radius 3 is 2.85 bits per heavy atom. The van der Waals surface area contributed by atoms with Crippen molar-refractivity contribution < 1.29 is 28.9 Å². The fourth-order valence-electron chi connectivity index (χ4n) is 5.51. The number of carbonyl (C=O) groups is 2. The number of amides is 1. The number of likely N-dealkylation sites (tertiary alicyclic amines) is 1. The van der Waals surface area contributed by atoms with Gasteiger partial charge in [-0.15, -0.1) is 0 Å². The second-order valence-corrected chi connectivity index (χ2v) is 10.3. The molecule has 2 aromatic carbocycles. The largest absolute Gasteiger partial charge is 0.487 e. The fraction of sp³-hybridized carbons (Fsp3) is 0.462. The molecule has 180 valence electrons. The molecule has 3 aliphatic rings. The Bertz CT molecular complexity index is 1120. The van der Waals surface area contributed by atoms with Crippen LogP contribution in [-0.4, -0.2) is 53.3 Å². The molecule has 5 rings (SSSR count). The molecule has 2 fully saturated rings. The van der Waals surface area contributed by atoms with E-state index >= 15 is 0 Å². The maximum Gasteiger partial charge on any atom is 0.341 e. The Morgan fingerprint density at radius 1 is 1.24 bits per heavy atom. The molecule has 8 heteroatoms. The summed E-state index contributed by atoms with van der Waals surface area (Å²) in [5.74, 6) is 0.389. The lowest BCUT2D eigenvalue weighted by Gasteiger charge is -2.53. The Balaban J connectivity index is 1.32. The molecule has 0 aromatic heterocycles. The number of rotatable bonds is 4. The van der Waals surface area contributed by atoms with Crippen molar-refractivity contribution in [2.24, 2.45) is 11.8 Å². The van der Waals surface area contributed by atoms with E-state index < -0.39 is 18.2 Å². The maximum atomic E-state index is 13.2. The molecule has 3 heterocycles. The van der Waals surface area contributed by atoms with E-state index in [2.05, 4.69) is 13.8 Å². The van der Waals surface area contributed by atoms with E-state index in [0.29, 0.717) is 29.4 Å². The lowest BCUT2D eigenvalue weighted by atomic mass is 9.70. The molecule has 0 radical (unpaired) electrons. The highest BCUT2D eigenvalue weighted by molar-refractivity contribution is 6.30. The summed E-state index contributed by atoms with van der Waals surface area (Å²) >= 11 is 6.28. The molecule has 0 aliphatic carbocycles. The first-order valence-electron chi connectivity index (χ1n) is 11.6. The SMILES string of the molecule is CC1(C)Oc2ccc(Cl)cc2[C@H]2O[C@H]3CCN(C(=O)c4cccc(OCC(=O)O)c4)C[C@@H]3C[C@@H]21. The van der Waals surface area contributed by atoms with Crippen molar-refractivity contribution in [2.45, 2.75) is 44.5 Å². The maximum absolute atomic E-state index is 13.2. The highest BCUT2D eigenvalue weighted by Crippen LogP contribution is 2.53. The highest BCUT2D eigenvalue weighted by Gasteiger charge is 2.51. The topological polar surface area (TPSA) is 85.3 Å². The lowest BCUT2D eigenvalue weighted by molar-refractivity contribution is -0.184. The standard InChI is InChI=1S/C26H28ClNO6/c1-26(2)20-11-16-13-28(25(31)15-4-3-5-18(10-15)32-14-23(29)30)9-8-21(16)33-24(20)19-12-17(27)6-7-22(19)34-26/h3-7,10,12,16,20-21,24H,8-9,11,13-14H2,1-2H3,(H,29,30)/t16-,20-,21-,24+/m0/s1. The number of fused-ring (bicyclic) bond motifs is 4. The molecule has 1 N–H and O–H groups in total. The van der Waals surface area contributed by atoms with Crippen LogP contribution < -0.4 is 9.47 Å². The molecular formula is C26H28ClNO6. The summed E-state index contributed by atoms with van der Waals surface area (Å²) in [5.41, 5.74) is 1.09. The Hall–Kier alpha value is -2.77. The molecule has 0 bridgehead atoms. The first kappa shape index (κ1) is 23.0. The van der Waals surface area contributed by atoms with Gasteiger partial charge in [-0.05, 0) is 63.1 Å². The number of ether oxygens (including phenoxy) is 3. The Labute approximate surface area is 203 Å². The zero-order chi connectivity index (χ0) is 24.0. The van der Waals surface area contributed by atoms with Crippen LogP contribution in [-0.2, 0) is 9.53 Å². The quantitative estimate of drug-likeness (QED) is 0.682. The lowest BCUT2D eigenvalue weighted by Crippen LogP contribution is -2.56. The molecule has 1 amide bonds.